The van der Waals surface area contributed by atoms with Gasteiger partial charge in [-0.05, 0) is 23.7 Å². The molecule has 0 radical (unpaired) electrons. The Labute approximate surface area is 157 Å². The van der Waals surface area contributed by atoms with Gasteiger partial charge in [0, 0.05) is 6.54 Å². The summed E-state index contributed by atoms with van der Waals surface area (Å²) in [5, 5.41) is 3.01. The number of ether oxygens (including phenoxy) is 1. The van der Waals surface area contributed by atoms with Crippen molar-refractivity contribution in [1.82, 2.24) is 10.2 Å². The first kappa shape index (κ1) is 20.4. The quantitative estimate of drug-likeness (QED) is 0.799. The Bertz CT molecular complexity index is 628. The molecule has 0 spiro atoms. The zero-order valence-electron chi connectivity index (χ0n) is 16.4. The van der Waals surface area contributed by atoms with Crippen molar-refractivity contribution in [3.05, 3.63) is 35.9 Å². The fraction of sp³-hybridized carbons (Fsp3) is 0.579. The molecule has 1 atom stereocenters. The maximum Gasteiger partial charge on any atom is 0.410 e. The van der Waals surface area contributed by atoms with E-state index in [0.717, 1.165) is 5.56 Å². The summed E-state index contributed by atoms with van der Waals surface area (Å²) < 4.78 is 11.5. The highest BCUT2D eigenvalue weighted by atomic mass is 28.4. The van der Waals surface area contributed by atoms with E-state index in [9.17, 15) is 9.59 Å². The molecule has 6 nitrogen and oxygen atoms in total. The van der Waals surface area contributed by atoms with Crippen molar-refractivity contribution in [2.24, 2.45) is 0 Å². The standard InChI is InChI=1S/C19H30N2O4Si/c1-19(2,3)26(4,5)25-14-16-11-21(12-17(22)20-16)18(23)24-13-15-9-7-6-8-10-15/h6-10,16H,11-14H2,1-5H3,(H,20,22). The number of carbonyl (C=O) groups excluding carboxylic acids is 2. The molecule has 1 N–H and O–H groups in total. The van der Waals surface area contributed by atoms with Gasteiger partial charge in [-0.15, -0.1) is 0 Å². The van der Waals surface area contributed by atoms with Gasteiger partial charge in [0.05, 0.1) is 12.6 Å². The van der Waals surface area contributed by atoms with Crippen LogP contribution in [0.1, 0.15) is 26.3 Å². The third-order valence-electron chi connectivity index (χ3n) is 5.06. The van der Waals surface area contributed by atoms with Crippen molar-refractivity contribution in [1.29, 1.82) is 0 Å². The minimum atomic E-state index is -1.91. The zero-order valence-corrected chi connectivity index (χ0v) is 17.4. The minimum Gasteiger partial charge on any atom is -0.445 e. The van der Waals surface area contributed by atoms with Crippen LogP contribution < -0.4 is 5.32 Å². The molecular weight excluding hydrogens is 348 g/mol. The van der Waals surface area contributed by atoms with Crippen molar-refractivity contribution in [2.75, 3.05) is 19.7 Å². The van der Waals surface area contributed by atoms with Gasteiger partial charge in [-0.1, -0.05) is 51.1 Å². The molecule has 144 valence electrons. The molecule has 0 aliphatic carbocycles. The number of hydrogen-bond acceptors (Lipinski definition) is 4. The van der Waals surface area contributed by atoms with E-state index in [2.05, 4.69) is 39.2 Å². The molecule has 1 aromatic rings. The van der Waals surface area contributed by atoms with Crippen LogP contribution in [0.5, 0.6) is 0 Å². The second-order valence-electron chi connectivity index (χ2n) is 8.26. The van der Waals surface area contributed by atoms with Crippen LogP contribution in [0.25, 0.3) is 0 Å². The highest BCUT2D eigenvalue weighted by Gasteiger charge is 2.38. The van der Waals surface area contributed by atoms with Crippen molar-refractivity contribution in [2.45, 2.75) is 51.6 Å². The van der Waals surface area contributed by atoms with E-state index in [4.69, 9.17) is 9.16 Å². The summed E-state index contributed by atoms with van der Waals surface area (Å²) in [5.74, 6) is -0.184. The van der Waals surface area contributed by atoms with Gasteiger partial charge in [0.15, 0.2) is 8.32 Å². The smallest absolute Gasteiger partial charge is 0.410 e. The van der Waals surface area contributed by atoms with Gasteiger partial charge in [0.25, 0.3) is 0 Å². The van der Waals surface area contributed by atoms with Gasteiger partial charge in [0.2, 0.25) is 5.91 Å². The Morgan fingerprint density at radius 1 is 1.27 bits per heavy atom. The third kappa shape index (κ3) is 5.57. The van der Waals surface area contributed by atoms with E-state index in [1.807, 2.05) is 30.3 Å². The lowest BCUT2D eigenvalue weighted by Gasteiger charge is -2.39. The molecule has 1 aliphatic rings. The fourth-order valence-electron chi connectivity index (χ4n) is 2.39. The number of hydrogen-bond donors (Lipinski definition) is 1. The third-order valence-corrected chi connectivity index (χ3v) is 9.56. The monoisotopic (exact) mass is 378 g/mol. The normalized spacial score (nSPS) is 18.4. The van der Waals surface area contributed by atoms with Crippen molar-refractivity contribution >= 4 is 20.3 Å². The van der Waals surface area contributed by atoms with Gasteiger partial charge < -0.3 is 14.5 Å². The molecule has 1 aromatic carbocycles. The Hall–Kier alpha value is -1.86. The highest BCUT2D eigenvalue weighted by molar-refractivity contribution is 6.74. The molecule has 1 saturated heterocycles. The lowest BCUT2D eigenvalue weighted by molar-refractivity contribution is -0.125. The summed E-state index contributed by atoms with van der Waals surface area (Å²) in [5.41, 5.74) is 0.917. The maximum absolute atomic E-state index is 12.3. The van der Waals surface area contributed by atoms with Gasteiger partial charge in [0.1, 0.15) is 13.2 Å². The number of nitrogens with zero attached hydrogens (tertiary/aromatic N) is 1. The predicted octanol–water partition coefficient (Wildman–Crippen LogP) is 3.15. The molecule has 0 saturated carbocycles. The maximum atomic E-state index is 12.3. The molecule has 1 fully saturated rings. The van der Waals surface area contributed by atoms with Crippen molar-refractivity contribution in [3.8, 4) is 0 Å². The molecule has 1 unspecified atom stereocenters. The SMILES string of the molecule is CC(C)(C)[Si](C)(C)OCC1CN(C(=O)OCc2ccccc2)CC(=O)N1. The van der Waals surface area contributed by atoms with E-state index in [-0.39, 0.29) is 30.1 Å². The second kappa shape index (κ2) is 8.22. The number of benzene rings is 1. The van der Waals surface area contributed by atoms with Crippen LogP contribution in [0.4, 0.5) is 4.79 Å². The Balaban J connectivity index is 1.88. The number of nitrogens with one attached hydrogen (secondary N) is 1. The van der Waals surface area contributed by atoms with E-state index in [1.54, 1.807) is 0 Å². The molecule has 7 heteroatoms. The van der Waals surface area contributed by atoms with Crippen LogP contribution in [-0.4, -0.2) is 51.0 Å². The van der Waals surface area contributed by atoms with E-state index in [1.165, 1.54) is 4.90 Å². The zero-order chi connectivity index (χ0) is 19.4. The van der Waals surface area contributed by atoms with Crippen LogP contribution >= 0.6 is 0 Å². The largest absolute Gasteiger partial charge is 0.445 e. The molecule has 2 rings (SSSR count). The summed E-state index contributed by atoms with van der Waals surface area (Å²) in [4.78, 5) is 25.7. The molecule has 0 aromatic heterocycles. The van der Waals surface area contributed by atoms with Gasteiger partial charge in [-0.25, -0.2) is 4.79 Å². The van der Waals surface area contributed by atoms with Crippen LogP contribution in [-0.2, 0) is 20.6 Å². The topological polar surface area (TPSA) is 67.9 Å². The Morgan fingerprint density at radius 3 is 2.54 bits per heavy atom. The average Bonchev–Trinajstić information content (AvgIpc) is 2.57. The minimum absolute atomic E-state index is 0.0181. The number of carbonyl (C=O) groups is 2. The van der Waals surface area contributed by atoms with E-state index in [0.29, 0.717) is 13.2 Å². The van der Waals surface area contributed by atoms with Crippen LogP contribution in [0.2, 0.25) is 18.1 Å². The summed E-state index contributed by atoms with van der Waals surface area (Å²) in [6.07, 6.45) is -0.471. The average molecular weight is 379 g/mol. The van der Waals surface area contributed by atoms with Gasteiger partial charge in [-0.3, -0.25) is 9.69 Å². The first-order valence-electron chi connectivity index (χ1n) is 8.97. The van der Waals surface area contributed by atoms with Gasteiger partial charge in [-0.2, -0.15) is 0 Å². The highest BCUT2D eigenvalue weighted by Crippen LogP contribution is 2.36. The Morgan fingerprint density at radius 2 is 1.92 bits per heavy atom. The number of piperazine rings is 1. The Kier molecular flexibility index (Phi) is 6.47. The molecule has 1 heterocycles. The second-order valence-corrected chi connectivity index (χ2v) is 13.1. The summed E-state index contributed by atoms with van der Waals surface area (Å²) in [6.45, 7) is 11.9. The first-order chi connectivity index (χ1) is 12.1. The lowest BCUT2D eigenvalue weighted by atomic mass is 10.2. The fourth-order valence-corrected chi connectivity index (χ4v) is 3.44. The van der Waals surface area contributed by atoms with Crippen LogP contribution in [0, 0.1) is 0 Å². The summed E-state index contributed by atoms with van der Waals surface area (Å²) >= 11 is 0. The van der Waals surface area contributed by atoms with Crippen LogP contribution in [0.3, 0.4) is 0 Å². The van der Waals surface area contributed by atoms with Crippen molar-refractivity contribution in [3.63, 3.8) is 0 Å². The molecular formula is C19H30N2O4Si. The van der Waals surface area contributed by atoms with Crippen LogP contribution in [0.15, 0.2) is 30.3 Å². The van der Waals surface area contributed by atoms with E-state index >= 15 is 0 Å². The number of rotatable bonds is 5. The van der Waals surface area contributed by atoms with Gasteiger partial charge >= 0.3 is 6.09 Å². The molecule has 2 amide bonds. The summed E-state index contributed by atoms with van der Waals surface area (Å²) in [7, 11) is -1.91. The molecule has 26 heavy (non-hydrogen) atoms. The summed E-state index contributed by atoms with van der Waals surface area (Å²) in [6, 6.07) is 9.28. The predicted molar refractivity (Wildman–Crippen MR) is 103 cm³/mol. The number of amides is 2. The van der Waals surface area contributed by atoms with Crippen molar-refractivity contribution < 1.29 is 18.8 Å². The first-order valence-corrected chi connectivity index (χ1v) is 11.9. The molecule has 0 bridgehead atoms. The van der Waals surface area contributed by atoms with E-state index < -0.39 is 14.4 Å². The lowest BCUT2D eigenvalue weighted by Crippen LogP contribution is -2.58. The molecule has 1 aliphatic heterocycles.